The highest BCUT2D eigenvalue weighted by Gasteiger charge is 2.17. The van der Waals surface area contributed by atoms with Gasteiger partial charge in [-0.2, -0.15) is 5.10 Å². The summed E-state index contributed by atoms with van der Waals surface area (Å²) in [6.45, 7) is 3.94. The molecule has 0 radical (unpaired) electrons. The summed E-state index contributed by atoms with van der Waals surface area (Å²) in [5.74, 6) is -0.167. The smallest absolute Gasteiger partial charge is 0.271 e. The van der Waals surface area contributed by atoms with Gasteiger partial charge in [-0.15, -0.1) is 11.3 Å². The molecule has 0 fully saturated rings. The fourth-order valence-electron chi connectivity index (χ4n) is 2.38. The molecule has 0 saturated carbocycles. The van der Waals surface area contributed by atoms with E-state index in [0.29, 0.717) is 5.69 Å². The lowest BCUT2D eigenvalue weighted by Gasteiger charge is -2.12. The zero-order valence-electron chi connectivity index (χ0n) is 13.3. The van der Waals surface area contributed by atoms with Gasteiger partial charge in [0, 0.05) is 29.2 Å². The van der Waals surface area contributed by atoms with E-state index < -0.39 is 0 Å². The third-order valence-corrected chi connectivity index (χ3v) is 4.74. The predicted molar refractivity (Wildman–Crippen MR) is 91.4 cm³/mol. The molecule has 0 bridgehead atoms. The molecule has 1 N–H and O–H groups in total. The fourth-order valence-corrected chi connectivity index (χ4v) is 3.19. The molecule has 3 rings (SSSR count). The second-order valence-electron chi connectivity index (χ2n) is 5.41. The number of hydrogen-bond donors (Lipinski definition) is 1. The normalized spacial score (nSPS) is 12.1. The molecule has 3 aromatic rings. The molecule has 6 heteroatoms. The van der Waals surface area contributed by atoms with E-state index in [-0.39, 0.29) is 11.9 Å². The van der Waals surface area contributed by atoms with E-state index in [1.807, 2.05) is 51.2 Å². The van der Waals surface area contributed by atoms with Crippen LogP contribution in [0.4, 0.5) is 0 Å². The summed E-state index contributed by atoms with van der Waals surface area (Å²) >= 11 is 1.47. The van der Waals surface area contributed by atoms with Crippen LogP contribution in [-0.4, -0.2) is 20.7 Å². The standard InChI is InChI=1S/C17H18N4OS/c1-11(14-9-18-21(3)12(14)2)19-16(22)15-10-23-17(20-15)13-7-5-4-6-8-13/h4-11H,1-3H3,(H,19,22). The number of aryl methyl sites for hydroxylation is 1. The molecular weight excluding hydrogens is 308 g/mol. The Morgan fingerprint density at radius 3 is 2.70 bits per heavy atom. The zero-order chi connectivity index (χ0) is 16.4. The zero-order valence-corrected chi connectivity index (χ0v) is 14.1. The number of carbonyl (C=O) groups is 1. The van der Waals surface area contributed by atoms with Gasteiger partial charge >= 0.3 is 0 Å². The number of hydrogen-bond acceptors (Lipinski definition) is 4. The highest BCUT2D eigenvalue weighted by molar-refractivity contribution is 7.13. The number of carbonyl (C=O) groups excluding carboxylic acids is 1. The van der Waals surface area contributed by atoms with Crippen molar-refractivity contribution in [3.63, 3.8) is 0 Å². The van der Waals surface area contributed by atoms with Crippen molar-refractivity contribution in [2.45, 2.75) is 19.9 Å². The SMILES string of the molecule is Cc1c(C(C)NC(=O)c2csc(-c3ccccc3)n2)cnn1C. The van der Waals surface area contributed by atoms with Gasteiger partial charge in [-0.25, -0.2) is 4.98 Å². The van der Waals surface area contributed by atoms with Crippen LogP contribution in [0.25, 0.3) is 10.6 Å². The van der Waals surface area contributed by atoms with Crippen LogP contribution in [0.15, 0.2) is 41.9 Å². The molecule has 1 amide bonds. The van der Waals surface area contributed by atoms with E-state index in [2.05, 4.69) is 15.4 Å². The average molecular weight is 326 g/mol. The van der Waals surface area contributed by atoms with E-state index in [1.165, 1.54) is 11.3 Å². The van der Waals surface area contributed by atoms with Crippen molar-refractivity contribution in [1.82, 2.24) is 20.1 Å². The Balaban J connectivity index is 1.74. The largest absolute Gasteiger partial charge is 0.344 e. The highest BCUT2D eigenvalue weighted by Crippen LogP contribution is 2.24. The van der Waals surface area contributed by atoms with E-state index in [9.17, 15) is 4.79 Å². The highest BCUT2D eigenvalue weighted by atomic mass is 32.1. The molecule has 1 unspecified atom stereocenters. The lowest BCUT2D eigenvalue weighted by atomic mass is 10.1. The van der Waals surface area contributed by atoms with Crippen molar-refractivity contribution in [3.8, 4) is 10.6 Å². The van der Waals surface area contributed by atoms with Gasteiger partial charge in [0.25, 0.3) is 5.91 Å². The summed E-state index contributed by atoms with van der Waals surface area (Å²) in [7, 11) is 1.89. The van der Waals surface area contributed by atoms with Crippen molar-refractivity contribution in [2.24, 2.45) is 7.05 Å². The van der Waals surface area contributed by atoms with Crippen LogP contribution in [0, 0.1) is 6.92 Å². The van der Waals surface area contributed by atoms with Crippen molar-refractivity contribution in [3.05, 3.63) is 58.9 Å². The number of amides is 1. The van der Waals surface area contributed by atoms with Crippen molar-refractivity contribution in [1.29, 1.82) is 0 Å². The second-order valence-corrected chi connectivity index (χ2v) is 6.27. The summed E-state index contributed by atoms with van der Waals surface area (Å²) in [5.41, 5.74) is 3.52. The number of rotatable bonds is 4. The lowest BCUT2D eigenvalue weighted by Crippen LogP contribution is -2.27. The first-order valence-electron chi connectivity index (χ1n) is 7.36. The number of nitrogens with one attached hydrogen (secondary N) is 1. The molecule has 2 aromatic heterocycles. The Hall–Kier alpha value is -2.47. The molecule has 0 aliphatic carbocycles. The Kier molecular flexibility index (Phi) is 4.25. The first-order valence-corrected chi connectivity index (χ1v) is 8.24. The lowest BCUT2D eigenvalue weighted by molar-refractivity contribution is 0.0935. The van der Waals surface area contributed by atoms with Crippen LogP contribution in [0.3, 0.4) is 0 Å². The maximum Gasteiger partial charge on any atom is 0.271 e. The fraction of sp³-hybridized carbons (Fsp3) is 0.235. The van der Waals surface area contributed by atoms with Crippen LogP contribution in [0.5, 0.6) is 0 Å². The third kappa shape index (κ3) is 3.17. The van der Waals surface area contributed by atoms with Gasteiger partial charge in [-0.05, 0) is 13.8 Å². The Labute approximate surface area is 139 Å². The maximum atomic E-state index is 12.4. The summed E-state index contributed by atoms with van der Waals surface area (Å²) in [6.07, 6.45) is 1.79. The van der Waals surface area contributed by atoms with E-state index in [1.54, 1.807) is 16.3 Å². The molecule has 5 nitrogen and oxygen atoms in total. The predicted octanol–water partition coefficient (Wildman–Crippen LogP) is 3.34. The van der Waals surface area contributed by atoms with Crippen LogP contribution < -0.4 is 5.32 Å². The van der Waals surface area contributed by atoms with Gasteiger partial charge in [0.15, 0.2) is 0 Å². The van der Waals surface area contributed by atoms with Gasteiger partial charge in [-0.1, -0.05) is 30.3 Å². The number of thiazole rings is 1. The maximum absolute atomic E-state index is 12.4. The van der Waals surface area contributed by atoms with E-state index in [4.69, 9.17) is 0 Å². The minimum atomic E-state index is -0.167. The molecule has 1 aromatic carbocycles. The van der Waals surface area contributed by atoms with Gasteiger partial charge in [-0.3, -0.25) is 9.48 Å². The summed E-state index contributed by atoms with van der Waals surface area (Å²) < 4.78 is 1.80. The van der Waals surface area contributed by atoms with E-state index >= 15 is 0 Å². The Bertz CT molecular complexity index is 822. The first kappa shape index (κ1) is 15.4. The molecule has 0 aliphatic heterocycles. The molecule has 1 atom stereocenters. The first-order chi connectivity index (χ1) is 11.1. The Morgan fingerprint density at radius 2 is 2.04 bits per heavy atom. The molecule has 23 heavy (non-hydrogen) atoms. The Morgan fingerprint density at radius 1 is 1.30 bits per heavy atom. The van der Waals surface area contributed by atoms with Crippen molar-refractivity contribution < 1.29 is 4.79 Å². The summed E-state index contributed by atoms with van der Waals surface area (Å²) in [5, 5.41) is 9.84. The third-order valence-electron chi connectivity index (χ3n) is 3.84. The van der Waals surface area contributed by atoms with Gasteiger partial charge in [0.2, 0.25) is 0 Å². The molecule has 0 aliphatic rings. The topological polar surface area (TPSA) is 59.8 Å². The van der Waals surface area contributed by atoms with Gasteiger partial charge < -0.3 is 5.32 Å². The van der Waals surface area contributed by atoms with Crippen LogP contribution >= 0.6 is 11.3 Å². The number of nitrogens with zero attached hydrogens (tertiary/aromatic N) is 3. The molecule has 0 saturated heterocycles. The quantitative estimate of drug-likeness (QED) is 0.800. The minimum Gasteiger partial charge on any atom is -0.344 e. The number of benzene rings is 1. The van der Waals surface area contributed by atoms with Crippen molar-refractivity contribution in [2.75, 3.05) is 0 Å². The molecule has 0 spiro atoms. The molecule has 118 valence electrons. The van der Waals surface area contributed by atoms with Crippen LogP contribution in [0.1, 0.15) is 34.7 Å². The second kappa shape index (κ2) is 6.34. The summed E-state index contributed by atoms with van der Waals surface area (Å²) in [6, 6.07) is 9.75. The average Bonchev–Trinajstić information content (AvgIpc) is 3.16. The van der Waals surface area contributed by atoms with Crippen LogP contribution in [0.2, 0.25) is 0 Å². The van der Waals surface area contributed by atoms with Crippen LogP contribution in [-0.2, 0) is 7.05 Å². The summed E-state index contributed by atoms with van der Waals surface area (Å²) in [4.78, 5) is 16.8. The van der Waals surface area contributed by atoms with Crippen molar-refractivity contribution >= 4 is 17.2 Å². The van der Waals surface area contributed by atoms with Gasteiger partial charge in [0.05, 0.1) is 12.2 Å². The molecule has 2 heterocycles. The monoisotopic (exact) mass is 326 g/mol. The minimum absolute atomic E-state index is 0.113. The van der Waals surface area contributed by atoms with E-state index in [0.717, 1.165) is 21.8 Å². The number of aromatic nitrogens is 3. The molecular formula is C17H18N4OS. The van der Waals surface area contributed by atoms with Gasteiger partial charge in [0.1, 0.15) is 10.7 Å².